The van der Waals surface area contributed by atoms with Crippen molar-refractivity contribution in [1.29, 1.82) is 5.41 Å². The van der Waals surface area contributed by atoms with Crippen molar-refractivity contribution in [2.45, 2.75) is 39.2 Å². The highest BCUT2D eigenvalue weighted by atomic mass is 32.2. The smallest absolute Gasteiger partial charge is 0.232 e. The zero-order valence-corrected chi connectivity index (χ0v) is 24.2. The predicted octanol–water partition coefficient (Wildman–Crippen LogP) is 4.59. The van der Waals surface area contributed by atoms with E-state index >= 15 is 8.78 Å². The SMILES string of the molecule is CCCS(=O)(=O)Nc1ccc(F)c(-n2cc(/C(C=N)=C/NC)c3nc(N(C)C4CCN(CC)CC4)ccc32)c1F. The largest absolute Gasteiger partial charge is 0.393 e. The number of aromatic nitrogens is 2. The maximum atomic E-state index is 15.8. The average molecular weight is 574 g/mol. The van der Waals surface area contributed by atoms with Crippen LogP contribution in [0.4, 0.5) is 20.3 Å². The maximum absolute atomic E-state index is 15.8. The first kappa shape index (κ1) is 29.5. The van der Waals surface area contributed by atoms with E-state index in [0.29, 0.717) is 34.6 Å². The molecule has 3 aromatic rings. The van der Waals surface area contributed by atoms with E-state index in [0.717, 1.165) is 56.6 Å². The van der Waals surface area contributed by atoms with Gasteiger partial charge in [-0.2, -0.15) is 0 Å². The first-order valence-electron chi connectivity index (χ1n) is 13.5. The average Bonchev–Trinajstić information content (AvgIpc) is 3.31. The molecule has 216 valence electrons. The molecule has 1 aliphatic heterocycles. The van der Waals surface area contributed by atoms with Crippen LogP contribution in [0.15, 0.2) is 36.7 Å². The Morgan fingerprint density at radius 2 is 1.93 bits per heavy atom. The number of nitrogens with one attached hydrogen (secondary N) is 3. The van der Waals surface area contributed by atoms with Crippen LogP contribution in [0.2, 0.25) is 0 Å². The van der Waals surface area contributed by atoms with Crippen LogP contribution in [-0.4, -0.2) is 74.6 Å². The number of anilines is 2. The molecule has 0 radical (unpaired) electrons. The Hall–Kier alpha value is -3.51. The Balaban J connectivity index is 1.85. The van der Waals surface area contributed by atoms with E-state index in [4.69, 9.17) is 10.4 Å². The van der Waals surface area contributed by atoms with E-state index in [-0.39, 0.29) is 11.4 Å². The van der Waals surface area contributed by atoms with Crippen molar-refractivity contribution in [3.8, 4) is 5.69 Å². The Bertz CT molecular complexity index is 1510. The quantitative estimate of drug-likeness (QED) is 0.290. The summed E-state index contributed by atoms with van der Waals surface area (Å²) in [5.41, 5.74) is 1.09. The topological polar surface area (TPSA) is 106 Å². The normalized spacial score (nSPS) is 15.4. The molecular weight excluding hydrogens is 536 g/mol. The summed E-state index contributed by atoms with van der Waals surface area (Å²) in [7, 11) is -0.101. The van der Waals surface area contributed by atoms with E-state index in [1.54, 1.807) is 26.2 Å². The molecule has 0 bridgehead atoms. The number of piperidine rings is 1. The zero-order valence-electron chi connectivity index (χ0n) is 23.3. The Morgan fingerprint density at radius 3 is 2.55 bits per heavy atom. The van der Waals surface area contributed by atoms with Gasteiger partial charge < -0.3 is 25.1 Å². The minimum absolute atomic E-state index is 0.190. The number of nitrogens with zero attached hydrogens (tertiary/aromatic N) is 4. The molecule has 9 nitrogen and oxygen atoms in total. The molecule has 0 amide bonds. The molecule has 0 saturated carbocycles. The van der Waals surface area contributed by atoms with Gasteiger partial charge in [0, 0.05) is 63.0 Å². The fourth-order valence-electron chi connectivity index (χ4n) is 5.18. The molecule has 3 N–H and O–H groups in total. The van der Waals surface area contributed by atoms with Gasteiger partial charge in [0.2, 0.25) is 10.0 Å². The molecular formula is C28H37F2N7O2S. The molecule has 12 heteroatoms. The van der Waals surface area contributed by atoms with Gasteiger partial charge >= 0.3 is 0 Å². The predicted molar refractivity (Wildman–Crippen MR) is 158 cm³/mol. The van der Waals surface area contributed by atoms with Crippen LogP contribution in [0.5, 0.6) is 0 Å². The van der Waals surface area contributed by atoms with Crippen LogP contribution in [0.1, 0.15) is 38.7 Å². The third kappa shape index (κ3) is 5.97. The van der Waals surface area contributed by atoms with Crippen molar-refractivity contribution in [3.05, 3.63) is 53.9 Å². The van der Waals surface area contributed by atoms with Gasteiger partial charge in [0.05, 0.1) is 22.5 Å². The summed E-state index contributed by atoms with van der Waals surface area (Å²) in [6, 6.07) is 5.99. The number of pyridine rings is 1. The number of fused-ring (bicyclic) bond motifs is 1. The fourth-order valence-corrected chi connectivity index (χ4v) is 6.31. The lowest BCUT2D eigenvalue weighted by atomic mass is 10.0. The molecule has 4 rings (SSSR count). The van der Waals surface area contributed by atoms with Gasteiger partial charge in [-0.15, -0.1) is 0 Å². The first-order valence-corrected chi connectivity index (χ1v) is 15.1. The Morgan fingerprint density at radius 1 is 1.20 bits per heavy atom. The van der Waals surface area contributed by atoms with Gasteiger partial charge in [-0.3, -0.25) is 4.72 Å². The minimum atomic E-state index is -3.80. The summed E-state index contributed by atoms with van der Waals surface area (Å²) in [6.07, 6.45) is 6.64. The van der Waals surface area contributed by atoms with Gasteiger partial charge in [0.1, 0.15) is 17.3 Å². The van der Waals surface area contributed by atoms with Gasteiger partial charge in [0.15, 0.2) is 5.82 Å². The Labute approximate surface area is 234 Å². The summed E-state index contributed by atoms with van der Waals surface area (Å²) < 4.78 is 59.2. The molecule has 0 spiro atoms. The van der Waals surface area contributed by atoms with Crippen molar-refractivity contribution in [2.75, 3.05) is 49.1 Å². The number of rotatable bonds is 11. The lowest BCUT2D eigenvalue weighted by molar-refractivity contribution is 0.220. The lowest BCUT2D eigenvalue weighted by Gasteiger charge is -2.36. The molecule has 1 aliphatic rings. The van der Waals surface area contributed by atoms with Gasteiger partial charge in [-0.05, 0) is 50.1 Å². The summed E-state index contributed by atoms with van der Waals surface area (Å²) in [5.74, 6) is -1.37. The van der Waals surface area contributed by atoms with E-state index in [2.05, 4.69) is 26.8 Å². The third-order valence-corrected chi connectivity index (χ3v) is 8.83. The lowest BCUT2D eigenvalue weighted by Crippen LogP contribution is -2.43. The Kier molecular flexibility index (Phi) is 9.09. The number of allylic oxidation sites excluding steroid dienone is 1. The highest BCUT2D eigenvalue weighted by Gasteiger charge is 2.26. The van der Waals surface area contributed by atoms with E-state index in [9.17, 15) is 8.42 Å². The molecule has 0 aliphatic carbocycles. The van der Waals surface area contributed by atoms with Crippen molar-refractivity contribution in [2.24, 2.45) is 0 Å². The maximum Gasteiger partial charge on any atom is 0.232 e. The summed E-state index contributed by atoms with van der Waals surface area (Å²) in [6.45, 7) is 6.90. The monoisotopic (exact) mass is 573 g/mol. The van der Waals surface area contributed by atoms with Crippen LogP contribution in [-0.2, 0) is 10.0 Å². The minimum Gasteiger partial charge on any atom is -0.393 e. The van der Waals surface area contributed by atoms with E-state index < -0.39 is 27.3 Å². The van der Waals surface area contributed by atoms with Crippen molar-refractivity contribution < 1.29 is 17.2 Å². The standard InChI is InChI=1S/C28H37F2N7O2S/c1-5-15-40(38,39)34-23-8-7-22(29)28(26(23)30)37-18-21(19(16-31)17-32-3)27-24(37)9-10-25(33-27)35(4)20-11-13-36(6-2)14-12-20/h7-10,16-18,20,31-32,34H,5-6,11-15H2,1-4H3/b19-17+,31-16?. The highest BCUT2D eigenvalue weighted by molar-refractivity contribution is 7.92. The third-order valence-electron chi connectivity index (χ3n) is 7.36. The number of hydrogen-bond acceptors (Lipinski definition) is 7. The molecule has 1 saturated heterocycles. The highest BCUT2D eigenvalue weighted by Crippen LogP contribution is 2.34. The van der Waals surface area contributed by atoms with Crippen LogP contribution in [0.3, 0.4) is 0 Å². The number of halogens is 2. The second kappa shape index (κ2) is 12.3. The molecule has 40 heavy (non-hydrogen) atoms. The second-order valence-corrected chi connectivity index (χ2v) is 11.8. The molecule has 1 fully saturated rings. The van der Waals surface area contributed by atoms with Crippen molar-refractivity contribution in [1.82, 2.24) is 19.8 Å². The van der Waals surface area contributed by atoms with Gasteiger partial charge in [-0.25, -0.2) is 22.2 Å². The van der Waals surface area contributed by atoms with Crippen LogP contribution >= 0.6 is 0 Å². The molecule has 3 heterocycles. The molecule has 1 aromatic carbocycles. The first-order chi connectivity index (χ1) is 19.1. The number of likely N-dealkylation sites (tertiary alicyclic amines) is 1. The zero-order chi connectivity index (χ0) is 29.0. The number of benzene rings is 1. The fraction of sp³-hybridized carbons (Fsp3) is 0.429. The molecule has 2 aromatic heterocycles. The van der Waals surface area contributed by atoms with E-state index in [1.165, 1.54) is 10.8 Å². The van der Waals surface area contributed by atoms with Gasteiger partial charge in [0.25, 0.3) is 0 Å². The van der Waals surface area contributed by atoms with E-state index in [1.807, 2.05) is 13.1 Å². The number of hydrogen-bond donors (Lipinski definition) is 3. The van der Waals surface area contributed by atoms with Crippen LogP contribution in [0.25, 0.3) is 22.3 Å². The molecule has 0 atom stereocenters. The van der Waals surface area contributed by atoms with Gasteiger partial charge in [-0.1, -0.05) is 13.8 Å². The summed E-state index contributed by atoms with van der Waals surface area (Å²) in [5, 5.41) is 10.9. The van der Waals surface area contributed by atoms with Crippen molar-refractivity contribution >= 4 is 44.3 Å². The molecule has 0 unspecified atom stereocenters. The summed E-state index contributed by atoms with van der Waals surface area (Å²) >= 11 is 0. The number of sulfonamides is 1. The summed E-state index contributed by atoms with van der Waals surface area (Å²) in [4.78, 5) is 9.47. The van der Waals surface area contributed by atoms with Crippen LogP contribution in [0, 0.1) is 17.0 Å². The van der Waals surface area contributed by atoms with Crippen molar-refractivity contribution in [3.63, 3.8) is 0 Å². The second-order valence-electron chi connectivity index (χ2n) is 9.94. The van der Waals surface area contributed by atoms with Crippen LogP contribution < -0.4 is 14.9 Å².